The number of amides is 2. The maximum atomic E-state index is 12.1. The van der Waals surface area contributed by atoms with Gasteiger partial charge in [-0.25, -0.2) is 4.98 Å². The monoisotopic (exact) mass is 333 g/mol. The smallest absolute Gasteiger partial charge is 0.257 e. The van der Waals surface area contributed by atoms with Crippen molar-refractivity contribution >= 4 is 33.4 Å². The molecule has 0 fully saturated rings. The molecule has 0 atom stereocenters. The summed E-state index contributed by atoms with van der Waals surface area (Å²) in [6.07, 6.45) is 1.46. The molecule has 6 heteroatoms. The first-order chi connectivity index (χ1) is 9.49. The Bertz CT molecular complexity index is 669. The Kier molecular flexibility index (Phi) is 4.14. The first kappa shape index (κ1) is 14.2. The minimum atomic E-state index is -0.524. The van der Waals surface area contributed by atoms with E-state index in [0.717, 1.165) is 0 Å². The molecule has 102 valence electrons. The van der Waals surface area contributed by atoms with Crippen molar-refractivity contribution in [2.75, 3.05) is 5.32 Å². The van der Waals surface area contributed by atoms with Crippen molar-refractivity contribution in [1.29, 1.82) is 0 Å². The number of nitrogens with zero attached hydrogens (tertiary/aromatic N) is 1. The molecule has 0 aliphatic heterocycles. The number of aromatic nitrogens is 1. The Morgan fingerprint density at radius 1 is 1.25 bits per heavy atom. The van der Waals surface area contributed by atoms with Gasteiger partial charge in [0.1, 0.15) is 4.60 Å². The van der Waals surface area contributed by atoms with Gasteiger partial charge < -0.3 is 11.1 Å². The lowest BCUT2D eigenvalue weighted by Gasteiger charge is -2.10. The largest absolute Gasteiger partial charge is 0.366 e. The van der Waals surface area contributed by atoms with E-state index < -0.39 is 5.91 Å². The number of carbonyl (C=O) groups excluding carboxylic acids is 2. The van der Waals surface area contributed by atoms with E-state index in [0.29, 0.717) is 27.0 Å². The van der Waals surface area contributed by atoms with Crippen molar-refractivity contribution in [3.05, 3.63) is 57.8 Å². The number of anilines is 1. The van der Waals surface area contributed by atoms with Gasteiger partial charge in [-0.15, -0.1) is 0 Å². The molecule has 1 aromatic carbocycles. The van der Waals surface area contributed by atoms with Crippen LogP contribution in [-0.2, 0) is 0 Å². The van der Waals surface area contributed by atoms with Crippen molar-refractivity contribution in [1.82, 2.24) is 4.98 Å². The number of hydrogen-bond donors (Lipinski definition) is 2. The van der Waals surface area contributed by atoms with Crippen LogP contribution in [0.4, 0.5) is 5.69 Å². The van der Waals surface area contributed by atoms with Gasteiger partial charge in [-0.3, -0.25) is 9.59 Å². The molecule has 0 spiro atoms. The van der Waals surface area contributed by atoms with Crippen LogP contribution in [0.25, 0.3) is 0 Å². The molecule has 0 radical (unpaired) electrons. The average molecular weight is 334 g/mol. The van der Waals surface area contributed by atoms with Crippen molar-refractivity contribution in [2.24, 2.45) is 5.73 Å². The van der Waals surface area contributed by atoms with Crippen LogP contribution in [0.15, 0.2) is 41.1 Å². The molecule has 2 rings (SSSR count). The molecule has 3 N–H and O–H groups in total. The summed E-state index contributed by atoms with van der Waals surface area (Å²) < 4.78 is 0.654. The van der Waals surface area contributed by atoms with Gasteiger partial charge in [-0.05, 0) is 52.7 Å². The van der Waals surface area contributed by atoms with Crippen LogP contribution in [0, 0.1) is 6.92 Å². The molecule has 0 aliphatic rings. The number of carbonyl (C=O) groups is 2. The predicted molar refractivity (Wildman–Crippen MR) is 79.6 cm³/mol. The number of pyridine rings is 1. The average Bonchev–Trinajstić information content (AvgIpc) is 2.41. The molecule has 2 aromatic rings. The highest BCUT2D eigenvalue weighted by Crippen LogP contribution is 2.19. The summed E-state index contributed by atoms with van der Waals surface area (Å²) in [7, 11) is 0. The highest BCUT2D eigenvalue weighted by molar-refractivity contribution is 9.10. The third-order valence-corrected chi connectivity index (χ3v) is 3.31. The minimum absolute atomic E-state index is 0.297. The van der Waals surface area contributed by atoms with Gasteiger partial charge >= 0.3 is 0 Å². The van der Waals surface area contributed by atoms with Crippen LogP contribution in [-0.4, -0.2) is 16.8 Å². The normalized spacial score (nSPS) is 10.1. The Hall–Kier alpha value is -2.21. The second-order valence-electron chi connectivity index (χ2n) is 4.17. The van der Waals surface area contributed by atoms with Gasteiger partial charge in [0.25, 0.3) is 5.91 Å². The van der Waals surface area contributed by atoms with E-state index in [4.69, 9.17) is 5.73 Å². The number of rotatable bonds is 3. The van der Waals surface area contributed by atoms with Crippen LogP contribution in [0.2, 0.25) is 0 Å². The summed E-state index contributed by atoms with van der Waals surface area (Å²) in [5.74, 6) is -0.821. The zero-order chi connectivity index (χ0) is 14.7. The molecule has 0 bridgehead atoms. The molecule has 0 saturated carbocycles. The number of primary amides is 1. The number of nitrogens with two attached hydrogens (primary N) is 1. The van der Waals surface area contributed by atoms with Crippen LogP contribution in [0.3, 0.4) is 0 Å². The second kappa shape index (κ2) is 5.83. The molecule has 1 heterocycles. The summed E-state index contributed by atoms with van der Waals surface area (Å²) in [5.41, 5.74) is 7.28. The summed E-state index contributed by atoms with van der Waals surface area (Å²) in [4.78, 5) is 27.3. The molecule has 0 aliphatic carbocycles. The third-order valence-electron chi connectivity index (χ3n) is 2.84. The van der Waals surface area contributed by atoms with Gasteiger partial charge in [0.15, 0.2) is 0 Å². The fourth-order valence-electron chi connectivity index (χ4n) is 1.74. The zero-order valence-corrected chi connectivity index (χ0v) is 12.3. The van der Waals surface area contributed by atoms with E-state index in [1.54, 1.807) is 37.3 Å². The standard InChI is InChI=1S/C14H12BrN3O2/c1-8-10(13(16)19)3-2-4-11(8)18-14(20)9-5-6-12(15)17-7-9/h2-7H,1H3,(H2,16,19)(H,18,20). The van der Waals surface area contributed by atoms with E-state index in [9.17, 15) is 9.59 Å². The van der Waals surface area contributed by atoms with Gasteiger partial charge in [0.2, 0.25) is 5.91 Å². The van der Waals surface area contributed by atoms with Crippen LogP contribution < -0.4 is 11.1 Å². The highest BCUT2D eigenvalue weighted by Gasteiger charge is 2.12. The predicted octanol–water partition coefficient (Wildman–Crippen LogP) is 2.50. The summed E-state index contributed by atoms with van der Waals surface area (Å²) in [6.45, 7) is 1.73. The summed E-state index contributed by atoms with van der Waals surface area (Å²) >= 11 is 3.20. The summed E-state index contributed by atoms with van der Waals surface area (Å²) in [5, 5.41) is 2.74. The van der Waals surface area contributed by atoms with E-state index in [2.05, 4.69) is 26.2 Å². The molecule has 20 heavy (non-hydrogen) atoms. The minimum Gasteiger partial charge on any atom is -0.366 e. The van der Waals surface area contributed by atoms with E-state index in [1.807, 2.05) is 0 Å². The molecule has 0 saturated heterocycles. The lowest BCUT2D eigenvalue weighted by molar-refractivity contribution is 0.0995. The van der Waals surface area contributed by atoms with E-state index >= 15 is 0 Å². The zero-order valence-electron chi connectivity index (χ0n) is 10.7. The van der Waals surface area contributed by atoms with E-state index in [-0.39, 0.29) is 5.91 Å². The fraction of sp³-hybridized carbons (Fsp3) is 0.0714. The maximum absolute atomic E-state index is 12.1. The Morgan fingerprint density at radius 2 is 2.00 bits per heavy atom. The van der Waals surface area contributed by atoms with Crippen molar-refractivity contribution < 1.29 is 9.59 Å². The van der Waals surface area contributed by atoms with Crippen molar-refractivity contribution in [3.63, 3.8) is 0 Å². The third kappa shape index (κ3) is 3.03. The van der Waals surface area contributed by atoms with Crippen molar-refractivity contribution in [2.45, 2.75) is 6.92 Å². The first-order valence-corrected chi connectivity index (χ1v) is 6.60. The van der Waals surface area contributed by atoms with Crippen molar-refractivity contribution in [3.8, 4) is 0 Å². The maximum Gasteiger partial charge on any atom is 0.257 e. The van der Waals surface area contributed by atoms with Crippen LogP contribution in [0.5, 0.6) is 0 Å². The summed E-state index contributed by atoms with van der Waals surface area (Å²) in [6, 6.07) is 8.34. The second-order valence-corrected chi connectivity index (χ2v) is 4.98. The quantitative estimate of drug-likeness (QED) is 0.846. The molecular formula is C14H12BrN3O2. The van der Waals surface area contributed by atoms with Gasteiger partial charge in [0, 0.05) is 17.4 Å². The molecule has 0 unspecified atom stereocenters. The molecular weight excluding hydrogens is 322 g/mol. The number of nitrogens with one attached hydrogen (secondary N) is 1. The molecule has 5 nitrogen and oxygen atoms in total. The van der Waals surface area contributed by atoms with Crippen LogP contribution in [0.1, 0.15) is 26.3 Å². The lowest BCUT2D eigenvalue weighted by atomic mass is 10.1. The Labute approximate surface area is 124 Å². The van der Waals surface area contributed by atoms with Gasteiger partial charge in [0.05, 0.1) is 5.56 Å². The SMILES string of the molecule is Cc1c(NC(=O)c2ccc(Br)nc2)cccc1C(N)=O. The number of halogens is 1. The Balaban J connectivity index is 2.26. The highest BCUT2D eigenvalue weighted by atomic mass is 79.9. The van der Waals surface area contributed by atoms with Crippen LogP contribution >= 0.6 is 15.9 Å². The number of benzene rings is 1. The number of hydrogen-bond acceptors (Lipinski definition) is 3. The Morgan fingerprint density at radius 3 is 2.60 bits per heavy atom. The first-order valence-electron chi connectivity index (χ1n) is 5.81. The topological polar surface area (TPSA) is 85.1 Å². The van der Waals surface area contributed by atoms with Gasteiger partial charge in [-0.2, -0.15) is 0 Å². The fourth-order valence-corrected chi connectivity index (χ4v) is 1.98. The lowest BCUT2D eigenvalue weighted by Crippen LogP contribution is -2.16. The molecule has 1 aromatic heterocycles. The van der Waals surface area contributed by atoms with E-state index in [1.165, 1.54) is 6.20 Å². The molecule has 2 amide bonds. The van der Waals surface area contributed by atoms with Gasteiger partial charge in [-0.1, -0.05) is 6.07 Å².